The monoisotopic (exact) mass is 491 g/mol. The molecule has 37 heavy (non-hydrogen) atoms. The van der Waals surface area contributed by atoms with Gasteiger partial charge in [0.15, 0.2) is 12.1 Å². The van der Waals surface area contributed by atoms with Crippen LogP contribution in [0, 0.1) is 0 Å². The van der Waals surface area contributed by atoms with E-state index in [0.717, 1.165) is 11.1 Å². The molecule has 6 N–H and O–H groups in total. The zero-order valence-electron chi connectivity index (χ0n) is 19.8. The molecule has 0 radical (unpaired) electrons. The van der Waals surface area contributed by atoms with Gasteiger partial charge in [0, 0.05) is 11.3 Å². The van der Waals surface area contributed by atoms with Crippen molar-refractivity contribution < 1.29 is 14.7 Å². The molecule has 4 aromatic carbocycles. The Balaban J connectivity index is 1.34. The summed E-state index contributed by atoms with van der Waals surface area (Å²) in [6, 6.07) is 30.0. The molecule has 5 aromatic rings. The van der Waals surface area contributed by atoms with Crippen LogP contribution in [0.4, 0.5) is 11.6 Å². The third-order valence-electron chi connectivity index (χ3n) is 6.05. The first-order valence-electron chi connectivity index (χ1n) is 11.7. The number of fused-ring (bicyclic) bond motifs is 1. The zero-order valence-corrected chi connectivity index (χ0v) is 19.8. The quantitative estimate of drug-likeness (QED) is 0.232. The first-order chi connectivity index (χ1) is 18.0. The number of rotatable bonds is 7. The maximum absolute atomic E-state index is 13.1. The molecular formula is C29H25N5O3. The van der Waals surface area contributed by atoms with Crippen molar-refractivity contribution in [3.8, 4) is 11.1 Å². The minimum Gasteiger partial charge on any atom is -0.381 e. The third kappa shape index (κ3) is 5.34. The molecule has 2 unspecified atom stereocenters. The summed E-state index contributed by atoms with van der Waals surface area (Å²) in [5.74, 6) is -0.808. The van der Waals surface area contributed by atoms with E-state index in [-0.39, 0.29) is 5.95 Å². The Bertz CT molecular complexity index is 1530. The molecule has 0 fully saturated rings. The van der Waals surface area contributed by atoms with Gasteiger partial charge in [0.25, 0.3) is 11.8 Å². The van der Waals surface area contributed by atoms with Crippen molar-refractivity contribution in [2.24, 2.45) is 0 Å². The number of nitrogens with two attached hydrogens (primary N) is 1. The second kappa shape index (κ2) is 10.3. The smallest absolute Gasteiger partial charge is 0.255 e. The number of benzene rings is 4. The number of anilines is 2. The number of aliphatic hydroxyl groups excluding tert-OH is 1. The van der Waals surface area contributed by atoms with Gasteiger partial charge in [-0.05, 0) is 47.0 Å². The highest BCUT2D eigenvalue weighted by molar-refractivity contribution is 5.98. The predicted molar refractivity (Wildman–Crippen MR) is 144 cm³/mol. The van der Waals surface area contributed by atoms with E-state index in [1.54, 1.807) is 54.6 Å². The number of aromatic amines is 1. The molecule has 0 saturated carbocycles. The van der Waals surface area contributed by atoms with Crippen LogP contribution in [0.25, 0.3) is 22.2 Å². The van der Waals surface area contributed by atoms with E-state index >= 15 is 0 Å². The Kier molecular flexibility index (Phi) is 6.65. The lowest BCUT2D eigenvalue weighted by Gasteiger charge is -2.24. The molecule has 0 aliphatic carbocycles. The van der Waals surface area contributed by atoms with E-state index in [1.807, 2.05) is 48.5 Å². The van der Waals surface area contributed by atoms with Gasteiger partial charge in [0.1, 0.15) is 0 Å². The summed E-state index contributed by atoms with van der Waals surface area (Å²) in [5, 5.41) is 16.6. The Labute approximate surface area is 213 Å². The number of aliphatic hydroxyl groups is 1. The first kappa shape index (κ1) is 23.8. The summed E-state index contributed by atoms with van der Waals surface area (Å²) < 4.78 is 0. The third-order valence-corrected chi connectivity index (χ3v) is 6.05. The van der Waals surface area contributed by atoms with Gasteiger partial charge in [-0.15, -0.1) is 0 Å². The normalized spacial score (nSPS) is 12.6. The van der Waals surface area contributed by atoms with Crippen LogP contribution < -0.4 is 16.4 Å². The Morgan fingerprint density at radius 1 is 0.838 bits per heavy atom. The number of carbonyl (C=O) groups is 2. The molecule has 0 saturated heterocycles. The lowest BCUT2D eigenvalue weighted by atomic mass is 9.99. The van der Waals surface area contributed by atoms with Gasteiger partial charge in [0.2, 0.25) is 0 Å². The van der Waals surface area contributed by atoms with E-state index in [4.69, 9.17) is 5.73 Å². The fourth-order valence-corrected chi connectivity index (χ4v) is 4.15. The second-order valence-corrected chi connectivity index (χ2v) is 8.59. The number of hydrogen-bond donors (Lipinski definition) is 5. The summed E-state index contributed by atoms with van der Waals surface area (Å²) in [7, 11) is 0. The number of H-pyrrole nitrogens is 1. The predicted octanol–water partition coefficient (Wildman–Crippen LogP) is 4.28. The number of nitrogen functional groups attached to an aromatic ring is 1. The summed E-state index contributed by atoms with van der Waals surface area (Å²) >= 11 is 0. The zero-order chi connectivity index (χ0) is 25.8. The van der Waals surface area contributed by atoms with Gasteiger partial charge in [-0.2, -0.15) is 0 Å². The fourth-order valence-electron chi connectivity index (χ4n) is 4.15. The van der Waals surface area contributed by atoms with E-state index in [2.05, 4.69) is 20.6 Å². The van der Waals surface area contributed by atoms with Crippen LogP contribution in [0.2, 0.25) is 0 Å². The van der Waals surface area contributed by atoms with Crippen LogP contribution in [0.5, 0.6) is 0 Å². The van der Waals surface area contributed by atoms with Gasteiger partial charge in [0.05, 0.1) is 17.1 Å². The SMILES string of the molecule is Nc1nc2ccc(NC(=O)C(O)C(NC(=O)c3ccc(-c4ccccc4)cc3)c3ccccc3)cc2[nH]1. The van der Waals surface area contributed by atoms with Gasteiger partial charge in [-0.3, -0.25) is 9.59 Å². The summed E-state index contributed by atoms with van der Waals surface area (Å²) in [4.78, 5) is 33.2. The Morgan fingerprint density at radius 3 is 2.19 bits per heavy atom. The van der Waals surface area contributed by atoms with Crippen molar-refractivity contribution in [3.05, 3.63) is 114 Å². The number of nitrogens with zero attached hydrogens (tertiary/aromatic N) is 1. The van der Waals surface area contributed by atoms with Crippen molar-refractivity contribution in [3.63, 3.8) is 0 Å². The van der Waals surface area contributed by atoms with Crippen LogP contribution >= 0.6 is 0 Å². The molecule has 0 aliphatic rings. The summed E-state index contributed by atoms with van der Waals surface area (Å²) in [6.07, 6.45) is -1.56. The number of hydrogen-bond acceptors (Lipinski definition) is 5. The molecule has 0 bridgehead atoms. The van der Waals surface area contributed by atoms with E-state index in [0.29, 0.717) is 27.8 Å². The highest BCUT2D eigenvalue weighted by Gasteiger charge is 2.29. The standard InChI is InChI=1S/C29H25N5O3/c30-29-32-23-16-15-22(17-24(23)33-29)31-28(37)26(35)25(20-9-5-2-6-10-20)34-27(36)21-13-11-19(12-14-21)18-7-3-1-4-8-18/h1-17,25-26,35H,(H,31,37)(H,34,36)(H3,30,32,33). The summed E-state index contributed by atoms with van der Waals surface area (Å²) in [5.41, 5.74) is 10.5. The van der Waals surface area contributed by atoms with Crippen LogP contribution in [0.15, 0.2) is 103 Å². The molecule has 8 nitrogen and oxygen atoms in total. The highest BCUT2D eigenvalue weighted by atomic mass is 16.3. The largest absolute Gasteiger partial charge is 0.381 e. The maximum atomic E-state index is 13.1. The molecule has 8 heteroatoms. The van der Waals surface area contributed by atoms with E-state index in [1.165, 1.54) is 0 Å². The van der Waals surface area contributed by atoms with Gasteiger partial charge in [-0.25, -0.2) is 4.98 Å². The van der Waals surface area contributed by atoms with Crippen LogP contribution in [-0.2, 0) is 4.79 Å². The number of amides is 2. The van der Waals surface area contributed by atoms with E-state index in [9.17, 15) is 14.7 Å². The summed E-state index contributed by atoms with van der Waals surface area (Å²) in [6.45, 7) is 0. The van der Waals surface area contributed by atoms with Crippen LogP contribution in [0.3, 0.4) is 0 Å². The van der Waals surface area contributed by atoms with Gasteiger partial charge >= 0.3 is 0 Å². The number of nitrogens with one attached hydrogen (secondary N) is 3. The molecule has 2 atom stereocenters. The lowest BCUT2D eigenvalue weighted by molar-refractivity contribution is -0.125. The van der Waals surface area contributed by atoms with Crippen LogP contribution in [0.1, 0.15) is 22.0 Å². The van der Waals surface area contributed by atoms with Crippen molar-refractivity contribution in [2.45, 2.75) is 12.1 Å². The van der Waals surface area contributed by atoms with Crippen molar-refractivity contribution in [1.29, 1.82) is 0 Å². The average Bonchev–Trinajstić information content (AvgIpc) is 3.31. The lowest BCUT2D eigenvalue weighted by Crippen LogP contribution is -2.42. The highest BCUT2D eigenvalue weighted by Crippen LogP contribution is 2.23. The molecule has 0 aliphatic heterocycles. The molecule has 1 heterocycles. The van der Waals surface area contributed by atoms with Crippen molar-refractivity contribution >= 4 is 34.5 Å². The fraction of sp³-hybridized carbons (Fsp3) is 0.0690. The molecule has 2 amide bonds. The van der Waals surface area contributed by atoms with Crippen molar-refractivity contribution in [1.82, 2.24) is 15.3 Å². The van der Waals surface area contributed by atoms with Crippen LogP contribution in [-0.4, -0.2) is 33.0 Å². The molecule has 184 valence electrons. The molecule has 1 aromatic heterocycles. The maximum Gasteiger partial charge on any atom is 0.255 e. The number of carbonyl (C=O) groups excluding carboxylic acids is 2. The second-order valence-electron chi connectivity index (χ2n) is 8.59. The molecule has 0 spiro atoms. The van der Waals surface area contributed by atoms with Gasteiger partial charge in [-0.1, -0.05) is 72.8 Å². The van der Waals surface area contributed by atoms with Gasteiger partial charge < -0.3 is 26.5 Å². The number of aromatic nitrogens is 2. The van der Waals surface area contributed by atoms with E-state index < -0.39 is 24.0 Å². The minimum absolute atomic E-state index is 0.266. The first-order valence-corrected chi connectivity index (χ1v) is 11.7. The average molecular weight is 492 g/mol. The Hall–Kier alpha value is -4.95. The minimum atomic E-state index is -1.56. The number of imidazole rings is 1. The van der Waals surface area contributed by atoms with Crippen molar-refractivity contribution in [2.75, 3.05) is 11.1 Å². The molecular weight excluding hydrogens is 466 g/mol. The molecule has 5 rings (SSSR count). The topological polar surface area (TPSA) is 133 Å². The Morgan fingerprint density at radius 2 is 1.49 bits per heavy atom.